The average Bonchev–Trinajstić information content (AvgIpc) is 2.81. The van der Waals surface area contributed by atoms with E-state index in [1.54, 1.807) is 0 Å². The number of alkyl halides is 1. The minimum atomic E-state index is -1.28. The van der Waals surface area contributed by atoms with E-state index < -0.39 is 5.67 Å². The second-order valence-corrected chi connectivity index (χ2v) is 4.97. The maximum Gasteiger partial charge on any atom is 0.153 e. The van der Waals surface area contributed by atoms with E-state index in [0.29, 0.717) is 19.5 Å². The lowest BCUT2D eigenvalue weighted by Crippen LogP contribution is -2.33. The summed E-state index contributed by atoms with van der Waals surface area (Å²) in [7, 11) is 1.53. The number of methoxy groups -OCH3 is 1. The molecule has 1 atom stereocenters. The first-order valence-electron chi connectivity index (χ1n) is 6.34. The molecule has 19 heavy (non-hydrogen) atoms. The highest BCUT2D eigenvalue weighted by atomic mass is 19.1. The Morgan fingerprint density at radius 2 is 2.21 bits per heavy atom. The molecule has 0 N–H and O–H groups in total. The largest absolute Gasteiger partial charge is 0.381 e. The zero-order chi connectivity index (χ0) is 13.3. The molecule has 1 aliphatic rings. The van der Waals surface area contributed by atoms with E-state index in [1.165, 1.54) is 13.4 Å². The van der Waals surface area contributed by atoms with Gasteiger partial charge in [-0.15, -0.1) is 0 Å². The predicted molar refractivity (Wildman–Crippen MR) is 72.1 cm³/mol. The van der Waals surface area contributed by atoms with Crippen molar-refractivity contribution in [2.75, 3.05) is 31.7 Å². The first kappa shape index (κ1) is 12.3. The normalized spacial score (nSPS) is 23.2. The molecule has 1 saturated heterocycles. The fraction of sp³-hybridized carbons (Fsp3) is 0.429. The minimum Gasteiger partial charge on any atom is -0.381 e. The number of anilines is 1. The van der Waals surface area contributed by atoms with Crippen molar-refractivity contribution >= 4 is 16.7 Å². The minimum absolute atomic E-state index is 0.131. The molecule has 1 unspecified atom stereocenters. The summed E-state index contributed by atoms with van der Waals surface area (Å²) in [5.41, 5.74) is -0.392. The van der Waals surface area contributed by atoms with Crippen molar-refractivity contribution in [1.82, 2.24) is 9.97 Å². The van der Waals surface area contributed by atoms with Gasteiger partial charge in [0.25, 0.3) is 0 Å². The van der Waals surface area contributed by atoms with E-state index in [0.717, 1.165) is 16.7 Å². The van der Waals surface area contributed by atoms with Crippen LogP contribution in [0.5, 0.6) is 0 Å². The lowest BCUT2D eigenvalue weighted by Gasteiger charge is -2.21. The number of nitrogens with zero attached hydrogens (tertiary/aromatic N) is 3. The monoisotopic (exact) mass is 261 g/mol. The van der Waals surface area contributed by atoms with Gasteiger partial charge in [-0.2, -0.15) is 0 Å². The molecule has 4 nitrogen and oxygen atoms in total. The zero-order valence-corrected chi connectivity index (χ0v) is 10.8. The van der Waals surface area contributed by atoms with E-state index >= 15 is 0 Å². The summed E-state index contributed by atoms with van der Waals surface area (Å²) < 4.78 is 19.4. The Morgan fingerprint density at radius 1 is 1.37 bits per heavy atom. The van der Waals surface area contributed by atoms with Gasteiger partial charge in [0.1, 0.15) is 12.1 Å². The average molecular weight is 261 g/mol. The summed E-state index contributed by atoms with van der Waals surface area (Å²) in [6.07, 6.45) is 2.01. The van der Waals surface area contributed by atoms with Gasteiger partial charge in [0.2, 0.25) is 0 Å². The Balaban J connectivity index is 1.94. The van der Waals surface area contributed by atoms with Crippen LogP contribution >= 0.6 is 0 Å². The summed E-state index contributed by atoms with van der Waals surface area (Å²) in [6, 6.07) is 7.80. The Bertz CT molecular complexity index is 586. The SMILES string of the molecule is COCC1(F)CCN(c2ncnc3ccccc23)C1. The van der Waals surface area contributed by atoms with Crippen LogP contribution in [0, 0.1) is 0 Å². The van der Waals surface area contributed by atoms with Gasteiger partial charge in [-0.05, 0) is 12.1 Å². The van der Waals surface area contributed by atoms with E-state index in [1.807, 2.05) is 29.2 Å². The molecular formula is C14H16FN3O. The van der Waals surface area contributed by atoms with Gasteiger partial charge >= 0.3 is 0 Å². The molecule has 0 radical (unpaired) electrons. The first-order valence-corrected chi connectivity index (χ1v) is 6.34. The maximum absolute atomic E-state index is 14.4. The van der Waals surface area contributed by atoms with Crippen LogP contribution < -0.4 is 4.90 Å². The molecule has 1 aromatic carbocycles. The highest BCUT2D eigenvalue weighted by Gasteiger charge is 2.39. The molecule has 0 amide bonds. The van der Waals surface area contributed by atoms with Gasteiger partial charge in [0.05, 0.1) is 18.7 Å². The Hall–Kier alpha value is -1.75. The van der Waals surface area contributed by atoms with Crippen LogP contribution in [0.4, 0.5) is 10.2 Å². The summed E-state index contributed by atoms with van der Waals surface area (Å²) in [5.74, 6) is 0.807. The van der Waals surface area contributed by atoms with Crippen LogP contribution in [0.3, 0.4) is 0 Å². The standard InChI is InChI=1S/C14H16FN3O/c1-19-9-14(15)6-7-18(8-14)13-11-4-2-3-5-12(11)16-10-17-13/h2-5,10H,6-9H2,1H3. The summed E-state index contributed by atoms with van der Waals surface area (Å²) >= 11 is 0. The third kappa shape index (κ3) is 2.26. The quantitative estimate of drug-likeness (QED) is 0.849. The molecule has 1 fully saturated rings. The molecule has 0 bridgehead atoms. The number of fused-ring (bicyclic) bond motifs is 1. The van der Waals surface area contributed by atoms with Gasteiger partial charge in [-0.3, -0.25) is 0 Å². The van der Waals surface area contributed by atoms with Crippen LogP contribution in [-0.2, 0) is 4.74 Å². The van der Waals surface area contributed by atoms with Crippen LogP contribution in [0.2, 0.25) is 0 Å². The lowest BCUT2D eigenvalue weighted by atomic mass is 10.1. The Morgan fingerprint density at radius 3 is 3.05 bits per heavy atom. The summed E-state index contributed by atoms with van der Waals surface area (Å²) in [5, 5.41) is 0.965. The van der Waals surface area contributed by atoms with E-state index in [2.05, 4.69) is 9.97 Å². The molecule has 0 spiro atoms. The number of hydrogen-bond donors (Lipinski definition) is 0. The first-order chi connectivity index (χ1) is 9.22. The second-order valence-electron chi connectivity index (χ2n) is 4.97. The fourth-order valence-corrected chi connectivity index (χ4v) is 2.64. The van der Waals surface area contributed by atoms with Crippen molar-refractivity contribution in [2.24, 2.45) is 0 Å². The molecule has 3 rings (SSSR count). The zero-order valence-electron chi connectivity index (χ0n) is 10.8. The topological polar surface area (TPSA) is 38.2 Å². The Kier molecular flexibility index (Phi) is 3.06. The van der Waals surface area contributed by atoms with Gasteiger partial charge in [-0.25, -0.2) is 14.4 Å². The number of halogens is 1. The lowest BCUT2D eigenvalue weighted by molar-refractivity contribution is 0.0571. The van der Waals surface area contributed by atoms with Gasteiger partial charge in [0, 0.05) is 25.5 Å². The van der Waals surface area contributed by atoms with Crippen LogP contribution in [-0.4, -0.2) is 42.4 Å². The molecule has 0 saturated carbocycles. The smallest absolute Gasteiger partial charge is 0.153 e. The Labute approximate surface area is 111 Å². The number of hydrogen-bond acceptors (Lipinski definition) is 4. The van der Waals surface area contributed by atoms with E-state index in [9.17, 15) is 4.39 Å². The number of benzene rings is 1. The van der Waals surface area contributed by atoms with Crippen molar-refractivity contribution in [3.63, 3.8) is 0 Å². The molecule has 2 heterocycles. The highest BCUT2D eigenvalue weighted by Crippen LogP contribution is 2.32. The maximum atomic E-state index is 14.4. The van der Waals surface area contributed by atoms with Gasteiger partial charge in [0.15, 0.2) is 5.67 Å². The third-order valence-corrected chi connectivity index (χ3v) is 3.53. The summed E-state index contributed by atoms with van der Waals surface area (Å²) in [4.78, 5) is 10.5. The molecule has 0 aliphatic carbocycles. The number of rotatable bonds is 3. The van der Waals surface area contributed by atoms with Gasteiger partial charge < -0.3 is 9.64 Å². The van der Waals surface area contributed by atoms with Crippen molar-refractivity contribution in [3.05, 3.63) is 30.6 Å². The highest BCUT2D eigenvalue weighted by molar-refractivity contribution is 5.89. The second kappa shape index (κ2) is 4.74. The predicted octanol–water partition coefficient (Wildman–Crippen LogP) is 2.19. The molecule has 1 aliphatic heterocycles. The van der Waals surface area contributed by atoms with E-state index in [4.69, 9.17) is 4.74 Å². The van der Waals surface area contributed by atoms with Crippen LogP contribution in [0.15, 0.2) is 30.6 Å². The van der Waals surface area contributed by atoms with Gasteiger partial charge in [-0.1, -0.05) is 12.1 Å². The molecule has 1 aromatic heterocycles. The van der Waals surface area contributed by atoms with Crippen molar-refractivity contribution < 1.29 is 9.13 Å². The van der Waals surface area contributed by atoms with Crippen LogP contribution in [0.25, 0.3) is 10.9 Å². The van der Waals surface area contributed by atoms with Crippen molar-refractivity contribution in [3.8, 4) is 0 Å². The number of ether oxygens (including phenoxy) is 1. The van der Waals surface area contributed by atoms with Crippen molar-refractivity contribution in [1.29, 1.82) is 0 Å². The summed E-state index contributed by atoms with van der Waals surface area (Å²) in [6.45, 7) is 1.11. The fourth-order valence-electron chi connectivity index (χ4n) is 2.64. The molecule has 5 heteroatoms. The van der Waals surface area contributed by atoms with Crippen molar-refractivity contribution in [2.45, 2.75) is 12.1 Å². The molecule has 2 aromatic rings. The van der Waals surface area contributed by atoms with E-state index in [-0.39, 0.29) is 6.61 Å². The third-order valence-electron chi connectivity index (χ3n) is 3.53. The number of para-hydroxylation sites is 1. The van der Waals surface area contributed by atoms with Crippen LogP contribution in [0.1, 0.15) is 6.42 Å². The number of aromatic nitrogens is 2. The molecule has 100 valence electrons. The molecular weight excluding hydrogens is 245 g/mol.